The third-order valence-corrected chi connectivity index (χ3v) is 3.92. The quantitative estimate of drug-likeness (QED) is 0.709. The molecule has 3 rings (SSSR count). The Morgan fingerprint density at radius 3 is 2.96 bits per heavy atom. The van der Waals surface area contributed by atoms with Gasteiger partial charge in [0.15, 0.2) is 0 Å². The van der Waals surface area contributed by atoms with Crippen molar-refractivity contribution in [2.24, 2.45) is 0 Å². The molecule has 0 unspecified atom stereocenters. The molecular formula is C16H10ClN2O3S-. The first kappa shape index (κ1) is 15.5. The van der Waals surface area contributed by atoms with Gasteiger partial charge in [0.05, 0.1) is 0 Å². The summed E-state index contributed by atoms with van der Waals surface area (Å²) >= 11 is 7.46. The molecule has 0 atom stereocenters. The van der Waals surface area contributed by atoms with Gasteiger partial charge in [0.2, 0.25) is 5.82 Å². The van der Waals surface area contributed by atoms with Crippen molar-refractivity contribution in [3.8, 4) is 11.4 Å². The van der Waals surface area contributed by atoms with Crippen LogP contribution in [0.15, 0.2) is 45.6 Å². The van der Waals surface area contributed by atoms with Crippen LogP contribution in [0.1, 0.15) is 17.9 Å². The Morgan fingerprint density at radius 2 is 2.26 bits per heavy atom. The standard InChI is InChI=1S/C16H11ClN2O3S/c17-13-3-1-2-10(7-13)6-12(8-14(20)21)16-18-15(19-22-16)11-4-5-23-9-11/h1-7,9H,8H2,(H,20,21)/p-1/b12-6+. The van der Waals surface area contributed by atoms with E-state index in [-0.39, 0.29) is 12.3 Å². The van der Waals surface area contributed by atoms with E-state index in [0.29, 0.717) is 16.4 Å². The van der Waals surface area contributed by atoms with E-state index in [4.69, 9.17) is 16.1 Å². The lowest BCUT2D eigenvalue weighted by molar-refractivity contribution is -0.304. The summed E-state index contributed by atoms with van der Waals surface area (Å²) in [6.07, 6.45) is 1.31. The molecule has 0 spiro atoms. The van der Waals surface area contributed by atoms with Gasteiger partial charge < -0.3 is 14.4 Å². The highest BCUT2D eigenvalue weighted by atomic mass is 35.5. The minimum Gasteiger partial charge on any atom is -0.550 e. The van der Waals surface area contributed by atoms with Gasteiger partial charge in [-0.2, -0.15) is 16.3 Å². The van der Waals surface area contributed by atoms with Gasteiger partial charge in [-0.15, -0.1) is 0 Å². The van der Waals surface area contributed by atoms with E-state index in [1.165, 1.54) is 11.3 Å². The van der Waals surface area contributed by atoms with Crippen LogP contribution >= 0.6 is 22.9 Å². The molecule has 0 aliphatic heterocycles. The fourth-order valence-corrected chi connectivity index (χ4v) is 2.84. The summed E-state index contributed by atoms with van der Waals surface area (Å²) in [5, 5.41) is 19.2. The molecule has 0 bridgehead atoms. The van der Waals surface area contributed by atoms with E-state index >= 15 is 0 Å². The number of aliphatic carboxylic acids is 1. The second kappa shape index (κ2) is 6.76. The Kier molecular flexibility index (Phi) is 4.55. The van der Waals surface area contributed by atoms with Gasteiger partial charge in [0.1, 0.15) is 0 Å². The van der Waals surface area contributed by atoms with E-state index in [2.05, 4.69) is 10.1 Å². The number of hydrogen-bond acceptors (Lipinski definition) is 6. The lowest BCUT2D eigenvalue weighted by atomic mass is 10.1. The molecule has 116 valence electrons. The summed E-state index contributed by atoms with van der Waals surface area (Å²) in [6.45, 7) is 0. The molecule has 0 amide bonds. The first-order valence-electron chi connectivity index (χ1n) is 6.64. The monoisotopic (exact) mass is 345 g/mol. The van der Waals surface area contributed by atoms with E-state index in [1.54, 1.807) is 30.3 Å². The molecule has 0 aliphatic rings. The summed E-state index contributed by atoms with van der Waals surface area (Å²) in [5.74, 6) is -0.666. The van der Waals surface area contributed by atoms with E-state index in [9.17, 15) is 9.90 Å². The molecule has 23 heavy (non-hydrogen) atoms. The predicted molar refractivity (Wildman–Crippen MR) is 86.6 cm³/mol. The summed E-state index contributed by atoms with van der Waals surface area (Å²) in [6, 6.07) is 8.89. The van der Waals surface area contributed by atoms with Crippen molar-refractivity contribution in [2.75, 3.05) is 0 Å². The van der Waals surface area contributed by atoms with E-state index in [1.807, 2.05) is 16.8 Å². The van der Waals surface area contributed by atoms with Crippen molar-refractivity contribution in [3.63, 3.8) is 0 Å². The number of carbonyl (C=O) groups is 1. The lowest BCUT2D eigenvalue weighted by Gasteiger charge is -2.04. The SMILES string of the molecule is O=C([O-])C/C(=C\c1cccc(Cl)c1)c1nc(-c2ccsc2)no1. The van der Waals surface area contributed by atoms with Crippen LogP contribution in [0, 0.1) is 0 Å². The van der Waals surface area contributed by atoms with Gasteiger partial charge in [-0.1, -0.05) is 28.9 Å². The molecule has 0 fully saturated rings. The number of benzene rings is 1. The Balaban J connectivity index is 1.98. The highest BCUT2D eigenvalue weighted by molar-refractivity contribution is 7.08. The third-order valence-electron chi connectivity index (χ3n) is 3.00. The molecular weight excluding hydrogens is 336 g/mol. The second-order valence-electron chi connectivity index (χ2n) is 4.71. The zero-order valence-corrected chi connectivity index (χ0v) is 13.3. The highest BCUT2D eigenvalue weighted by Crippen LogP contribution is 2.25. The van der Waals surface area contributed by atoms with E-state index in [0.717, 1.165) is 11.1 Å². The molecule has 1 aromatic carbocycles. The third kappa shape index (κ3) is 3.85. The van der Waals surface area contributed by atoms with Crippen molar-refractivity contribution < 1.29 is 14.4 Å². The zero-order valence-electron chi connectivity index (χ0n) is 11.7. The Morgan fingerprint density at radius 1 is 1.39 bits per heavy atom. The van der Waals surface area contributed by atoms with Crippen molar-refractivity contribution >= 4 is 40.6 Å². The van der Waals surface area contributed by atoms with Crippen LogP contribution in [0.25, 0.3) is 23.0 Å². The maximum absolute atomic E-state index is 11.0. The average molecular weight is 346 g/mol. The number of carbonyl (C=O) groups excluding carboxylic acids is 1. The highest BCUT2D eigenvalue weighted by Gasteiger charge is 2.14. The van der Waals surface area contributed by atoms with Crippen LogP contribution in [0.2, 0.25) is 5.02 Å². The minimum atomic E-state index is -1.23. The van der Waals surface area contributed by atoms with Crippen LogP contribution in [0.5, 0.6) is 0 Å². The molecule has 3 aromatic rings. The zero-order chi connectivity index (χ0) is 16.2. The van der Waals surface area contributed by atoms with Crippen molar-refractivity contribution in [1.82, 2.24) is 10.1 Å². The number of thiophene rings is 1. The van der Waals surface area contributed by atoms with Gasteiger partial charge in [-0.25, -0.2) is 0 Å². The first-order chi connectivity index (χ1) is 11.1. The van der Waals surface area contributed by atoms with Crippen molar-refractivity contribution in [2.45, 2.75) is 6.42 Å². The summed E-state index contributed by atoms with van der Waals surface area (Å²) in [4.78, 5) is 15.3. The van der Waals surface area contributed by atoms with Gasteiger partial charge in [0.25, 0.3) is 5.89 Å². The van der Waals surface area contributed by atoms with Crippen LogP contribution < -0.4 is 5.11 Å². The number of aromatic nitrogens is 2. The molecule has 5 nitrogen and oxygen atoms in total. The number of carboxylic acid groups (broad SMARTS) is 1. The number of carboxylic acids is 1. The lowest BCUT2D eigenvalue weighted by Crippen LogP contribution is -2.22. The second-order valence-corrected chi connectivity index (χ2v) is 5.92. The number of nitrogens with zero attached hydrogens (tertiary/aromatic N) is 2. The molecule has 2 heterocycles. The van der Waals surface area contributed by atoms with Crippen molar-refractivity contribution in [3.05, 3.63) is 57.6 Å². The van der Waals surface area contributed by atoms with Gasteiger partial charge in [-0.05, 0) is 35.2 Å². The van der Waals surface area contributed by atoms with Crippen LogP contribution in [0.4, 0.5) is 0 Å². The van der Waals surface area contributed by atoms with Crippen LogP contribution in [0.3, 0.4) is 0 Å². The fraction of sp³-hybridized carbons (Fsp3) is 0.0625. The molecule has 2 aromatic heterocycles. The average Bonchev–Trinajstić information content (AvgIpc) is 3.17. The van der Waals surface area contributed by atoms with Gasteiger partial charge in [-0.3, -0.25) is 0 Å². The molecule has 0 radical (unpaired) electrons. The summed E-state index contributed by atoms with van der Waals surface area (Å²) in [7, 11) is 0. The Labute approximate surface area is 140 Å². The van der Waals surface area contributed by atoms with Gasteiger partial charge >= 0.3 is 0 Å². The molecule has 0 saturated heterocycles. The topological polar surface area (TPSA) is 79.0 Å². The van der Waals surface area contributed by atoms with Gasteiger partial charge in [0, 0.05) is 33.9 Å². The maximum Gasteiger partial charge on any atom is 0.254 e. The normalized spacial score (nSPS) is 11.6. The molecule has 0 aliphatic carbocycles. The summed E-state index contributed by atoms with van der Waals surface area (Å²) in [5.41, 5.74) is 1.92. The molecule has 7 heteroatoms. The molecule has 0 saturated carbocycles. The number of halogens is 1. The fourth-order valence-electron chi connectivity index (χ4n) is 2.00. The van der Waals surface area contributed by atoms with Crippen LogP contribution in [-0.4, -0.2) is 16.1 Å². The minimum absolute atomic E-state index is 0.148. The largest absolute Gasteiger partial charge is 0.550 e. The number of rotatable bonds is 5. The van der Waals surface area contributed by atoms with Crippen molar-refractivity contribution in [1.29, 1.82) is 0 Å². The smallest absolute Gasteiger partial charge is 0.254 e. The van der Waals surface area contributed by atoms with Crippen LogP contribution in [-0.2, 0) is 4.79 Å². The predicted octanol–water partition coefficient (Wildman–Crippen LogP) is 3.13. The number of hydrogen-bond donors (Lipinski definition) is 0. The molecule has 0 N–H and O–H groups in total. The Hall–Kier alpha value is -2.44. The Bertz CT molecular complexity index is 856. The first-order valence-corrected chi connectivity index (χ1v) is 7.96. The maximum atomic E-state index is 11.0. The summed E-state index contributed by atoms with van der Waals surface area (Å²) < 4.78 is 5.21. The van der Waals surface area contributed by atoms with E-state index < -0.39 is 5.97 Å².